The van der Waals surface area contributed by atoms with Crippen molar-refractivity contribution in [3.63, 3.8) is 0 Å². The van der Waals surface area contributed by atoms with E-state index in [-0.39, 0.29) is 25.6 Å². The van der Waals surface area contributed by atoms with Gasteiger partial charge in [0.05, 0.1) is 19.8 Å². The molecule has 110 valence electrons. The summed E-state index contributed by atoms with van der Waals surface area (Å²) in [6.45, 7) is 3.36. The van der Waals surface area contributed by atoms with Gasteiger partial charge in [-0.1, -0.05) is 12.1 Å². The molecule has 0 aliphatic carbocycles. The molecule has 0 radical (unpaired) electrons. The van der Waals surface area contributed by atoms with Crippen LogP contribution in [0.1, 0.15) is 19.4 Å². The van der Waals surface area contributed by atoms with E-state index in [9.17, 15) is 9.59 Å². The summed E-state index contributed by atoms with van der Waals surface area (Å²) < 4.78 is 14.9. The molecule has 0 amide bonds. The number of esters is 2. The van der Waals surface area contributed by atoms with Crippen LogP contribution in [0.4, 0.5) is 0 Å². The minimum Gasteiger partial charge on any atom is -0.467 e. The largest absolute Gasteiger partial charge is 0.467 e. The van der Waals surface area contributed by atoms with Crippen LogP contribution in [0.5, 0.6) is 5.75 Å². The summed E-state index contributed by atoms with van der Waals surface area (Å²) in [6.07, 6.45) is -1.47. The van der Waals surface area contributed by atoms with E-state index in [1.165, 1.54) is 6.07 Å². The molecule has 6 nitrogen and oxygen atoms in total. The fraction of sp³-hybridized carbons (Fsp3) is 0.429. The van der Waals surface area contributed by atoms with E-state index >= 15 is 0 Å². The summed E-state index contributed by atoms with van der Waals surface area (Å²) in [6, 6.07) is 6.45. The van der Waals surface area contributed by atoms with Crippen molar-refractivity contribution in [1.82, 2.24) is 0 Å². The molecule has 0 heterocycles. The molecule has 0 spiro atoms. The lowest BCUT2D eigenvalue weighted by molar-refractivity contribution is -0.166. The lowest BCUT2D eigenvalue weighted by Crippen LogP contribution is -2.38. The second kappa shape index (κ2) is 8.16. The summed E-state index contributed by atoms with van der Waals surface area (Å²) in [5.74, 6) is -1.33. The van der Waals surface area contributed by atoms with E-state index in [1.54, 1.807) is 32.0 Å². The summed E-state index contributed by atoms with van der Waals surface area (Å²) in [5.41, 5.74) is 0.606. The molecule has 1 aromatic carbocycles. The van der Waals surface area contributed by atoms with Gasteiger partial charge in [-0.05, 0) is 31.5 Å². The van der Waals surface area contributed by atoms with Crippen LogP contribution in [0, 0.1) is 0 Å². The van der Waals surface area contributed by atoms with E-state index < -0.39 is 18.0 Å². The van der Waals surface area contributed by atoms with Gasteiger partial charge in [-0.2, -0.15) is 0 Å². The second-order valence-corrected chi connectivity index (χ2v) is 3.81. The van der Waals surface area contributed by atoms with Crippen molar-refractivity contribution in [2.45, 2.75) is 26.6 Å². The van der Waals surface area contributed by atoms with Gasteiger partial charge < -0.3 is 19.3 Å². The number of benzene rings is 1. The molecule has 0 aromatic heterocycles. The fourth-order valence-corrected chi connectivity index (χ4v) is 1.48. The average molecular weight is 282 g/mol. The molecule has 1 N–H and O–H groups in total. The Labute approximate surface area is 117 Å². The SMILES string of the molecule is CCOC(=O)C(Oc1cccc(CO)c1)C(=O)OCC. The van der Waals surface area contributed by atoms with Crippen molar-refractivity contribution in [3.8, 4) is 5.75 Å². The number of carbonyl (C=O) groups excluding carboxylic acids is 2. The first kappa shape index (κ1) is 16.0. The van der Waals surface area contributed by atoms with Crippen LogP contribution in [-0.4, -0.2) is 36.4 Å². The number of carbonyl (C=O) groups is 2. The lowest BCUT2D eigenvalue weighted by Gasteiger charge is -2.16. The van der Waals surface area contributed by atoms with Gasteiger partial charge in [-0.15, -0.1) is 0 Å². The van der Waals surface area contributed by atoms with Gasteiger partial charge in [0.2, 0.25) is 0 Å². The number of ether oxygens (including phenoxy) is 3. The number of hydrogen-bond acceptors (Lipinski definition) is 6. The quantitative estimate of drug-likeness (QED) is 0.594. The lowest BCUT2D eigenvalue weighted by atomic mass is 10.2. The van der Waals surface area contributed by atoms with Crippen LogP contribution in [0.2, 0.25) is 0 Å². The summed E-state index contributed by atoms with van der Waals surface area (Å²) >= 11 is 0. The molecular formula is C14H18O6. The van der Waals surface area contributed by atoms with Crippen LogP contribution in [0.3, 0.4) is 0 Å². The molecule has 0 bridgehead atoms. The molecule has 20 heavy (non-hydrogen) atoms. The van der Waals surface area contributed by atoms with E-state index in [0.717, 1.165) is 0 Å². The highest BCUT2D eigenvalue weighted by Crippen LogP contribution is 2.16. The zero-order valence-corrected chi connectivity index (χ0v) is 11.5. The molecule has 0 saturated carbocycles. The van der Waals surface area contributed by atoms with E-state index in [4.69, 9.17) is 19.3 Å². The Hall–Kier alpha value is -2.08. The summed E-state index contributed by atoms with van der Waals surface area (Å²) in [4.78, 5) is 23.4. The highest BCUT2D eigenvalue weighted by molar-refractivity contribution is 5.98. The number of aliphatic hydroxyl groups is 1. The molecule has 0 aliphatic rings. The Morgan fingerprint density at radius 1 is 1.15 bits per heavy atom. The fourth-order valence-electron chi connectivity index (χ4n) is 1.48. The van der Waals surface area contributed by atoms with Gasteiger partial charge in [-0.25, -0.2) is 9.59 Å². The van der Waals surface area contributed by atoms with Crippen molar-refractivity contribution < 1.29 is 28.9 Å². The van der Waals surface area contributed by atoms with Crippen LogP contribution >= 0.6 is 0 Å². The number of aliphatic hydroxyl groups excluding tert-OH is 1. The molecule has 0 saturated heterocycles. The Morgan fingerprint density at radius 2 is 1.75 bits per heavy atom. The van der Waals surface area contributed by atoms with Gasteiger partial charge in [0.25, 0.3) is 6.10 Å². The second-order valence-electron chi connectivity index (χ2n) is 3.81. The van der Waals surface area contributed by atoms with Gasteiger partial charge in [0.1, 0.15) is 5.75 Å². The maximum atomic E-state index is 11.7. The first-order chi connectivity index (χ1) is 9.62. The van der Waals surface area contributed by atoms with E-state index in [0.29, 0.717) is 5.56 Å². The Bertz CT molecular complexity index is 439. The molecular weight excluding hydrogens is 264 g/mol. The molecule has 1 rings (SSSR count). The maximum absolute atomic E-state index is 11.7. The number of hydrogen-bond donors (Lipinski definition) is 1. The van der Waals surface area contributed by atoms with Gasteiger partial charge >= 0.3 is 11.9 Å². The van der Waals surface area contributed by atoms with Crippen molar-refractivity contribution in [2.75, 3.05) is 13.2 Å². The number of rotatable bonds is 7. The zero-order valence-electron chi connectivity index (χ0n) is 11.5. The molecule has 0 unspecified atom stereocenters. The first-order valence-corrected chi connectivity index (χ1v) is 6.32. The van der Waals surface area contributed by atoms with E-state index in [2.05, 4.69) is 0 Å². The molecule has 1 aromatic rings. The molecule has 0 fully saturated rings. The van der Waals surface area contributed by atoms with Gasteiger partial charge in [0.15, 0.2) is 0 Å². The van der Waals surface area contributed by atoms with Crippen molar-refractivity contribution >= 4 is 11.9 Å². The predicted octanol–water partition coefficient (Wildman–Crippen LogP) is 1.05. The molecule has 0 atom stereocenters. The van der Waals surface area contributed by atoms with Crippen LogP contribution in [0.15, 0.2) is 24.3 Å². The first-order valence-electron chi connectivity index (χ1n) is 6.32. The van der Waals surface area contributed by atoms with Crippen LogP contribution in [-0.2, 0) is 25.7 Å². The third kappa shape index (κ3) is 4.55. The smallest absolute Gasteiger partial charge is 0.359 e. The Kier molecular flexibility index (Phi) is 6.52. The third-order valence-electron chi connectivity index (χ3n) is 2.34. The van der Waals surface area contributed by atoms with Gasteiger partial charge in [0, 0.05) is 0 Å². The predicted molar refractivity (Wildman–Crippen MR) is 70.0 cm³/mol. The highest BCUT2D eigenvalue weighted by atomic mass is 16.6. The minimum atomic E-state index is -1.47. The summed E-state index contributed by atoms with van der Waals surface area (Å²) in [7, 11) is 0. The van der Waals surface area contributed by atoms with Crippen LogP contribution < -0.4 is 4.74 Å². The molecule has 6 heteroatoms. The average Bonchev–Trinajstić information content (AvgIpc) is 2.45. The van der Waals surface area contributed by atoms with Crippen molar-refractivity contribution in [2.24, 2.45) is 0 Å². The highest BCUT2D eigenvalue weighted by Gasteiger charge is 2.31. The Morgan fingerprint density at radius 3 is 2.25 bits per heavy atom. The minimum absolute atomic E-state index is 0.134. The summed E-state index contributed by atoms with van der Waals surface area (Å²) in [5, 5.41) is 9.04. The monoisotopic (exact) mass is 282 g/mol. The third-order valence-corrected chi connectivity index (χ3v) is 2.34. The topological polar surface area (TPSA) is 82.1 Å². The van der Waals surface area contributed by atoms with Gasteiger partial charge in [-0.3, -0.25) is 0 Å². The normalized spacial score (nSPS) is 10.2. The Balaban J connectivity index is 2.87. The standard InChI is InChI=1S/C14H18O6/c1-3-18-13(16)12(14(17)19-4-2)20-11-7-5-6-10(8-11)9-15/h5-8,12,15H,3-4,9H2,1-2H3. The van der Waals surface area contributed by atoms with E-state index in [1.807, 2.05) is 0 Å². The van der Waals surface area contributed by atoms with Crippen molar-refractivity contribution in [1.29, 1.82) is 0 Å². The zero-order chi connectivity index (χ0) is 15.0. The van der Waals surface area contributed by atoms with Crippen LogP contribution in [0.25, 0.3) is 0 Å². The van der Waals surface area contributed by atoms with Crippen molar-refractivity contribution in [3.05, 3.63) is 29.8 Å². The molecule has 0 aliphatic heterocycles. The maximum Gasteiger partial charge on any atom is 0.359 e.